The average molecular weight is 283 g/mol. The van der Waals surface area contributed by atoms with Gasteiger partial charge in [0.25, 0.3) is 5.91 Å². The predicted molar refractivity (Wildman–Crippen MR) is 84.6 cm³/mol. The highest BCUT2D eigenvalue weighted by Crippen LogP contribution is 2.25. The second-order valence-corrected chi connectivity index (χ2v) is 4.94. The summed E-state index contributed by atoms with van der Waals surface area (Å²) in [6.07, 6.45) is 0.551. The number of carbonyl (C=O) groups is 1. The molecule has 3 heteroatoms. The van der Waals surface area contributed by atoms with E-state index in [0.29, 0.717) is 30.6 Å². The predicted octanol–water partition coefficient (Wildman–Crippen LogP) is 3.47. The van der Waals surface area contributed by atoms with Crippen LogP contribution in [-0.4, -0.2) is 29.0 Å². The number of phenols is 1. The summed E-state index contributed by atoms with van der Waals surface area (Å²) < 4.78 is 0. The molecule has 0 atom stereocenters. The van der Waals surface area contributed by atoms with Crippen molar-refractivity contribution in [2.24, 2.45) is 0 Å². The van der Waals surface area contributed by atoms with Gasteiger partial charge < -0.3 is 10.0 Å². The molecule has 2 aromatic rings. The van der Waals surface area contributed by atoms with Gasteiger partial charge in [-0.1, -0.05) is 36.4 Å². The Bertz CT molecular complexity index is 604. The van der Waals surface area contributed by atoms with Crippen molar-refractivity contribution >= 4 is 5.91 Å². The fourth-order valence-corrected chi connectivity index (χ4v) is 2.44. The monoisotopic (exact) mass is 283 g/mol. The van der Waals surface area contributed by atoms with Crippen LogP contribution < -0.4 is 0 Å². The number of nitrogens with zero attached hydrogens (tertiary/aromatic N) is 1. The quantitative estimate of drug-likeness (QED) is 0.913. The van der Waals surface area contributed by atoms with E-state index in [-0.39, 0.29) is 11.7 Å². The van der Waals surface area contributed by atoms with Crippen LogP contribution in [-0.2, 0) is 6.42 Å². The van der Waals surface area contributed by atoms with Gasteiger partial charge in [-0.15, -0.1) is 0 Å². The van der Waals surface area contributed by atoms with Crippen LogP contribution in [0, 0.1) is 0 Å². The van der Waals surface area contributed by atoms with Gasteiger partial charge in [0.05, 0.1) is 0 Å². The lowest BCUT2D eigenvalue weighted by molar-refractivity contribution is 0.0771. The molecule has 1 amide bonds. The van der Waals surface area contributed by atoms with Crippen LogP contribution in [0.5, 0.6) is 5.75 Å². The Morgan fingerprint density at radius 1 is 1.00 bits per heavy atom. The molecule has 21 heavy (non-hydrogen) atoms. The molecule has 0 spiro atoms. The summed E-state index contributed by atoms with van der Waals surface area (Å²) in [7, 11) is 0. The maximum absolute atomic E-state index is 12.6. The van der Waals surface area contributed by atoms with E-state index < -0.39 is 0 Å². The Morgan fingerprint density at radius 3 is 2.29 bits per heavy atom. The number of rotatable bonds is 5. The highest BCUT2D eigenvalue weighted by atomic mass is 16.3. The lowest BCUT2D eigenvalue weighted by Crippen LogP contribution is -2.31. The van der Waals surface area contributed by atoms with Gasteiger partial charge >= 0.3 is 0 Å². The number of benzene rings is 2. The molecule has 0 saturated carbocycles. The molecular formula is C18H21NO2. The van der Waals surface area contributed by atoms with Gasteiger partial charge in [-0.25, -0.2) is 0 Å². The molecule has 0 aromatic heterocycles. The third-order valence-corrected chi connectivity index (χ3v) is 3.66. The van der Waals surface area contributed by atoms with Gasteiger partial charge in [0.2, 0.25) is 0 Å². The lowest BCUT2D eigenvalue weighted by Gasteiger charge is -2.21. The maximum Gasteiger partial charge on any atom is 0.254 e. The van der Waals surface area contributed by atoms with Crippen molar-refractivity contribution in [1.82, 2.24) is 4.90 Å². The minimum atomic E-state index is -0.0261. The molecule has 0 aliphatic carbocycles. The van der Waals surface area contributed by atoms with Crippen LogP contribution in [0.25, 0.3) is 0 Å². The third kappa shape index (κ3) is 3.43. The van der Waals surface area contributed by atoms with Gasteiger partial charge in [0, 0.05) is 30.6 Å². The second-order valence-electron chi connectivity index (χ2n) is 4.94. The molecule has 0 heterocycles. The molecule has 0 saturated heterocycles. The summed E-state index contributed by atoms with van der Waals surface area (Å²) in [6, 6.07) is 15.0. The molecule has 0 fully saturated rings. The van der Waals surface area contributed by atoms with Crippen molar-refractivity contribution in [2.75, 3.05) is 13.1 Å². The van der Waals surface area contributed by atoms with Gasteiger partial charge in [-0.3, -0.25) is 4.79 Å². The Kier molecular flexibility index (Phi) is 4.99. The molecule has 0 aliphatic heterocycles. The summed E-state index contributed by atoms with van der Waals surface area (Å²) in [6.45, 7) is 5.24. The SMILES string of the molecule is CCN(CC)C(=O)c1cccc(O)c1Cc1ccccc1. The summed E-state index contributed by atoms with van der Waals surface area (Å²) >= 11 is 0. The van der Waals surface area contributed by atoms with Crippen molar-refractivity contribution in [3.8, 4) is 5.75 Å². The van der Waals surface area contributed by atoms with E-state index in [2.05, 4.69) is 0 Å². The first-order chi connectivity index (χ1) is 10.2. The minimum absolute atomic E-state index is 0.0261. The molecule has 0 radical (unpaired) electrons. The van der Waals surface area contributed by atoms with E-state index in [4.69, 9.17) is 0 Å². The highest BCUT2D eigenvalue weighted by Gasteiger charge is 2.18. The lowest BCUT2D eigenvalue weighted by atomic mass is 9.98. The first kappa shape index (κ1) is 15.1. The number of hydrogen-bond donors (Lipinski definition) is 1. The summed E-state index contributed by atoms with van der Waals surface area (Å²) in [5.74, 6) is 0.152. The van der Waals surface area contributed by atoms with Crippen LogP contribution in [0.1, 0.15) is 35.3 Å². The minimum Gasteiger partial charge on any atom is -0.508 e. The largest absolute Gasteiger partial charge is 0.508 e. The Morgan fingerprint density at radius 2 is 1.67 bits per heavy atom. The first-order valence-electron chi connectivity index (χ1n) is 7.31. The number of carbonyl (C=O) groups excluding carboxylic acids is 1. The molecule has 2 rings (SSSR count). The molecule has 0 unspecified atom stereocenters. The first-order valence-corrected chi connectivity index (χ1v) is 7.31. The zero-order chi connectivity index (χ0) is 15.2. The maximum atomic E-state index is 12.6. The standard InChI is InChI=1S/C18H21NO2/c1-3-19(4-2)18(21)15-11-8-12-17(20)16(15)13-14-9-6-5-7-10-14/h5-12,20H,3-4,13H2,1-2H3. The number of aromatic hydroxyl groups is 1. The van der Waals surface area contributed by atoms with Crippen LogP contribution in [0.15, 0.2) is 48.5 Å². The molecule has 0 bridgehead atoms. The van der Waals surface area contributed by atoms with Crippen LogP contribution in [0.3, 0.4) is 0 Å². The van der Waals surface area contributed by atoms with Crippen LogP contribution in [0.2, 0.25) is 0 Å². The van der Waals surface area contributed by atoms with Crippen molar-refractivity contribution in [2.45, 2.75) is 20.3 Å². The Labute approximate surface area is 125 Å². The van der Waals surface area contributed by atoms with Crippen LogP contribution >= 0.6 is 0 Å². The van der Waals surface area contributed by atoms with Crippen molar-refractivity contribution in [1.29, 1.82) is 0 Å². The van der Waals surface area contributed by atoms with E-state index in [9.17, 15) is 9.90 Å². The summed E-state index contributed by atoms with van der Waals surface area (Å²) in [5.41, 5.74) is 2.36. The highest BCUT2D eigenvalue weighted by molar-refractivity contribution is 5.96. The zero-order valence-corrected chi connectivity index (χ0v) is 12.5. The topological polar surface area (TPSA) is 40.5 Å². The van der Waals surface area contributed by atoms with E-state index in [1.807, 2.05) is 44.2 Å². The zero-order valence-electron chi connectivity index (χ0n) is 12.5. The fourth-order valence-electron chi connectivity index (χ4n) is 2.44. The average Bonchev–Trinajstić information content (AvgIpc) is 2.51. The summed E-state index contributed by atoms with van der Waals surface area (Å²) in [4.78, 5) is 14.4. The Balaban J connectivity index is 2.39. The molecule has 110 valence electrons. The van der Waals surface area contributed by atoms with Gasteiger partial charge in [-0.2, -0.15) is 0 Å². The number of amides is 1. The van der Waals surface area contributed by atoms with Crippen LogP contribution in [0.4, 0.5) is 0 Å². The van der Waals surface area contributed by atoms with E-state index in [1.54, 1.807) is 23.1 Å². The number of phenolic OH excluding ortho intramolecular Hbond substituents is 1. The molecule has 1 N–H and O–H groups in total. The van der Waals surface area contributed by atoms with Gasteiger partial charge in [-0.05, 0) is 31.5 Å². The van der Waals surface area contributed by atoms with E-state index >= 15 is 0 Å². The van der Waals surface area contributed by atoms with Gasteiger partial charge in [0.15, 0.2) is 0 Å². The van der Waals surface area contributed by atoms with Crippen molar-refractivity contribution < 1.29 is 9.90 Å². The molecule has 2 aromatic carbocycles. The normalized spacial score (nSPS) is 10.4. The molecule has 3 nitrogen and oxygen atoms in total. The van der Waals surface area contributed by atoms with Crippen molar-refractivity contribution in [3.63, 3.8) is 0 Å². The van der Waals surface area contributed by atoms with E-state index in [0.717, 1.165) is 5.56 Å². The van der Waals surface area contributed by atoms with Crippen molar-refractivity contribution in [3.05, 3.63) is 65.2 Å². The number of hydrogen-bond acceptors (Lipinski definition) is 2. The second kappa shape index (κ2) is 6.93. The molecule has 0 aliphatic rings. The Hall–Kier alpha value is -2.29. The van der Waals surface area contributed by atoms with E-state index in [1.165, 1.54) is 0 Å². The van der Waals surface area contributed by atoms with Gasteiger partial charge in [0.1, 0.15) is 5.75 Å². The fraction of sp³-hybridized carbons (Fsp3) is 0.278. The smallest absolute Gasteiger partial charge is 0.254 e. The summed E-state index contributed by atoms with van der Waals surface area (Å²) in [5, 5.41) is 10.2. The third-order valence-electron chi connectivity index (χ3n) is 3.66. The molecular weight excluding hydrogens is 262 g/mol.